The van der Waals surface area contributed by atoms with Crippen LogP contribution in [0.3, 0.4) is 0 Å². The predicted octanol–water partition coefficient (Wildman–Crippen LogP) is 2.80. The molecule has 0 spiro atoms. The first-order valence-electron chi connectivity index (χ1n) is 7.35. The van der Waals surface area contributed by atoms with E-state index in [-0.39, 0.29) is 11.9 Å². The molecular formula is C17H26O4. The molecule has 0 bridgehead atoms. The van der Waals surface area contributed by atoms with Gasteiger partial charge in [0.2, 0.25) is 0 Å². The third kappa shape index (κ3) is 5.86. The molecule has 0 aliphatic rings. The second kappa shape index (κ2) is 9.53. The molecule has 1 unspecified atom stereocenters. The molecule has 0 saturated carbocycles. The second-order valence-electron chi connectivity index (χ2n) is 5.24. The van der Waals surface area contributed by atoms with Crippen LogP contribution in [0.1, 0.15) is 30.9 Å². The molecule has 0 N–H and O–H groups in total. The third-order valence-corrected chi connectivity index (χ3v) is 3.36. The molecule has 1 aromatic rings. The Bertz CT molecular complexity index is 431. The van der Waals surface area contributed by atoms with Gasteiger partial charge in [-0.1, -0.05) is 31.2 Å². The van der Waals surface area contributed by atoms with E-state index in [1.807, 2.05) is 19.1 Å². The lowest BCUT2D eigenvalue weighted by Crippen LogP contribution is -2.19. The number of esters is 1. The van der Waals surface area contributed by atoms with Gasteiger partial charge < -0.3 is 14.2 Å². The van der Waals surface area contributed by atoms with Crippen LogP contribution in [-0.4, -0.2) is 40.0 Å². The molecule has 0 aliphatic carbocycles. The number of rotatable bonds is 9. The van der Waals surface area contributed by atoms with Gasteiger partial charge >= 0.3 is 5.97 Å². The van der Waals surface area contributed by atoms with E-state index in [2.05, 4.69) is 19.1 Å². The minimum atomic E-state index is -0.373. The van der Waals surface area contributed by atoms with Crippen molar-refractivity contribution in [2.75, 3.05) is 34.0 Å². The lowest BCUT2D eigenvalue weighted by Gasteiger charge is -2.16. The molecule has 0 aliphatic heterocycles. The fourth-order valence-electron chi connectivity index (χ4n) is 2.33. The molecular weight excluding hydrogens is 268 g/mol. The van der Waals surface area contributed by atoms with Gasteiger partial charge in [0.1, 0.15) is 5.92 Å². The first-order chi connectivity index (χ1) is 10.1. The number of carbonyl (C=O) groups is 1. The minimum Gasteiger partial charge on any atom is -0.468 e. The molecule has 2 atom stereocenters. The van der Waals surface area contributed by atoms with Crippen molar-refractivity contribution in [3.8, 4) is 0 Å². The third-order valence-electron chi connectivity index (χ3n) is 3.36. The van der Waals surface area contributed by atoms with Crippen LogP contribution in [0.5, 0.6) is 0 Å². The minimum absolute atomic E-state index is 0.267. The zero-order chi connectivity index (χ0) is 15.7. The summed E-state index contributed by atoms with van der Waals surface area (Å²) in [5.74, 6) is -0.197. The van der Waals surface area contributed by atoms with Crippen LogP contribution in [0.25, 0.3) is 0 Å². The standard InChI is InChI=1S/C17H26O4/c1-5-21-11-13(2)9-14-7-6-8-15(10-14)16(12-19-3)17(18)20-4/h6-8,10,13,16H,5,9,11-12H2,1-4H3/t13-,16?/m1/s1. The fraction of sp³-hybridized carbons (Fsp3) is 0.588. The lowest BCUT2D eigenvalue weighted by atomic mass is 9.94. The van der Waals surface area contributed by atoms with E-state index in [9.17, 15) is 4.79 Å². The second-order valence-corrected chi connectivity index (χ2v) is 5.24. The summed E-state index contributed by atoms with van der Waals surface area (Å²) in [7, 11) is 2.99. The molecule has 118 valence electrons. The summed E-state index contributed by atoms with van der Waals surface area (Å²) in [5.41, 5.74) is 2.13. The van der Waals surface area contributed by atoms with E-state index in [1.54, 1.807) is 7.11 Å². The Balaban J connectivity index is 2.80. The van der Waals surface area contributed by atoms with Crippen molar-refractivity contribution >= 4 is 5.97 Å². The molecule has 0 radical (unpaired) electrons. The van der Waals surface area contributed by atoms with Crippen molar-refractivity contribution in [3.05, 3.63) is 35.4 Å². The molecule has 4 nitrogen and oxygen atoms in total. The maximum Gasteiger partial charge on any atom is 0.315 e. The van der Waals surface area contributed by atoms with Gasteiger partial charge in [-0.2, -0.15) is 0 Å². The highest BCUT2D eigenvalue weighted by Crippen LogP contribution is 2.20. The van der Waals surface area contributed by atoms with Crippen LogP contribution in [-0.2, 0) is 25.4 Å². The van der Waals surface area contributed by atoms with Crippen LogP contribution in [0.15, 0.2) is 24.3 Å². The predicted molar refractivity (Wildman–Crippen MR) is 82.4 cm³/mol. The first-order valence-corrected chi connectivity index (χ1v) is 7.35. The van der Waals surface area contributed by atoms with Gasteiger partial charge in [0.15, 0.2) is 0 Å². The van der Waals surface area contributed by atoms with Crippen LogP contribution < -0.4 is 0 Å². The molecule has 0 aromatic heterocycles. The Hall–Kier alpha value is -1.39. The molecule has 0 fully saturated rings. The zero-order valence-corrected chi connectivity index (χ0v) is 13.4. The Labute approximate surface area is 127 Å². The van der Waals surface area contributed by atoms with Gasteiger partial charge in [0.05, 0.1) is 13.7 Å². The van der Waals surface area contributed by atoms with Crippen molar-refractivity contribution in [3.63, 3.8) is 0 Å². The van der Waals surface area contributed by atoms with Crippen molar-refractivity contribution in [1.82, 2.24) is 0 Å². The average molecular weight is 294 g/mol. The molecule has 1 rings (SSSR count). The summed E-state index contributed by atoms with van der Waals surface area (Å²) in [5, 5.41) is 0. The number of hydrogen-bond donors (Lipinski definition) is 0. The topological polar surface area (TPSA) is 44.8 Å². The Morgan fingerprint density at radius 1 is 1.24 bits per heavy atom. The highest BCUT2D eigenvalue weighted by Gasteiger charge is 2.21. The Morgan fingerprint density at radius 3 is 2.62 bits per heavy atom. The maximum absolute atomic E-state index is 11.9. The van der Waals surface area contributed by atoms with Crippen molar-refractivity contribution < 1.29 is 19.0 Å². The largest absolute Gasteiger partial charge is 0.468 e. The number of ether oxygens (including phenoxy) is 3. The summed E-state index contributed by atoms with van der Waals surface area (Å²) in [6.07, 6.45) is 0.925. The van der Waals surface area contributed by atoms with Crippen LogP contribution in [0.2, 0.25) is 0 Å². The highest BCUT2D eigenvalue weighted by atomic mass is 16.5. The monoisotopic (exact) mass is 294 g/mol. The normalized spacial score (nSPS) is 13.7. The summed E-state index contributed by atoms with van der Waals surface area (Å²) in [6, 6.07) is 8.05. The fourth-order valence-corrected chi connectivity index (χ4v) is 2.33. The smallest absolute Gasteiger partial charge is 0.315 e. The van der Waals surface area contributed by atoms with E-state index in [1.165, 1.54) is 12.7 Å². The number of methoxy groups -OCH3 is 2. The van der Waals surface area contributed by atoms with E-state index in [0.717, 1.165) is 25.2 Å². The van der Waals surface area contributed by atoms with Gasteiger partial charge in [0, 0.05) is 20.3 Å². The molecule has 4 heteroatoms. The Kier molecular flexibility index (Phi) is 8.01. The Morgan fingerprint density at radius 2 is 2.00 bits per heavy atom. The summed E-state index contributed by atoms with van der Waals surface area (Å²) in [4.78, 5) is 11.9. The van der Waals surface area contributed by atoms with E-state index in [4.69, 9.17) is 14.2 Å². The van der Waals surface area contributed by atoms with Gasteiger partial charge in [0.25, 0.3) is 0 Å². The summed E-state index contributed by atoms with van der Waals surface area (Å²) < 4.78 is 15.4. The van der Waals surface area contributed by atoms with Crippen LogP contribution in [0.4, 0.5) is 0 Å². The molecule has 0 saturated heterocycles. The molecule has 0 heterocycles. The van der Waals surface area contributed by atoms with Gasteiger partial charge in [-0.05, 0) is 30.4 Å². The molecule has 21 heavy (non-hydrogen) atoms. The number of benzene rings is 1. The van der Waals surface area contributed by atoms with Crippen LogP contribution in [0, 0.1) is 5.92 Å². The lowest BCUT2D eigenvalue weighted by molar-refractivity contribution is -0.143. The van der Waals surface area contributed by atoms with E-state index >= 15 is 0 Å². The SMILES string of the molecule is CCOC[C@H](C)Cc1cccc(C(COC)C(=O)OC)c1. The number of hydrogen-bond acceptors (Lipinski definition) is 4. The van der Waals surface area contributed by atoms with Crippen molar-refractivity contribution in [2.45, 2.75) is 26.2 Å². The quantitative estimate of drug-likeness (QED) is 0.657. The number of carbonyl (C=O) groups excluding carboxylic acids is 1. The van der Waals surface area contributed by atoms with E-state index < -0.39 is 0 Å². The van der Waals surface area contributed by atoms with Gasteiger partial charge in [-0.3, -0.25) is 4.79 Å². The maximum atomic E-state index is 11.9. The van der Waals surface area contributed by atoms with Gasteiger partial charge in [-0.25, -0.2) is 0 Å². The summed E-state index contributed by atoms with van der Waals surface area (Å²) >= 11 is 0. The molecule has 1 aromatic carbocycles. The van der Waals surface area contributed by atoms with Crippen molar-refractivity contribution in [1.29, 1.82) is 0 Å². The summed E-state index contributed by atoms with van der Waals surface area (Å²) in [6.45, 7) is 5.97. The van der Waals surface area contributed by atoms with Gasteiger partial charge in [-0.15, -0.1) is 0 Å². The average Bonchev–Trinajstić information content (AvgIpc) is 2.50. The highest BCUT2D eigenvalue weighted by molar-refractivity contribution is 5.78. The van der Waals surface area contributed by atoms with Crippen LogP contribution >= 0.6 is 0 Å². The van der Waals surface area contributed by atoms with E-state index in [0.29, 0.717) is 12.5 Å². The molecule has 0 amide bonds. The van der Waals surface area contributed by atoms with Crippen molar-refractivity contribution in [2.24, 2.45) is 5.92 Å². The first kappa shape index (κ1) is 17.7. The zero-order valence-electron chi connectivity index (χ0n) is 13.4.